The number of ketones is 1. The summed E-state index contributed by atoms with van der Waals surface area (Å²) >= 11 is 6.63. The topological polar surface area (TPSA) is 364 Å². The van der Waals surface area contributed by atoms with E-state index >= 15 is 0 Å². The normalized spacial score (nSPS) is 16.6. The largest absolute Gasteiger partial charge is 0.397 e. The molecule has 2 saturated heterocycles. The van der Waals surface area contributed by atoms with Crippen LogP contribution in [0.25, 0.3) is 51.1 Å². The third kappa shape index (κ3) is 25.1. The Kier molecular flexibility index (Phi) is 33.2. The molecule has 10 aromatic heterocycles. The number of hydrogen-bond acceptors (Lipinski definition) is 23. The molecule has 6 fully saturated rings. The molecule has 30 heteroatoms. The maximum absolute atomic E-state index is 14.6. The molecule has 5 amide bonds. The Balaban J connectivity index is 0.000000123. The number of carbonyl (C=O) groups is 6. The molecule has 2 aliphatic heterocycles. The first-order valence-electron chi connectivity index (χ1n) is 50.2. The van der Waals surface area contributed by atoms with Crippen molar-refractivity contribution in [3.63, 3.8) is 0 Å². The van der Waals surface area contributed by atoms with Crippen molar-refractivity contribution in [3.8, 4) is 0 Å². The SMILES string of the molecule is CC(=O)c1ccc(CCNC(=O)c2sc3nc(C)ccc3c2N)cc1.Cc1ccc2c(N)c(C(=O)NCCc3ccc(C4CCCCC4)c(F)c3)sc2n1.Cc1ccc2c(N)c(C(=O)NCCc3ccc(C4CCCCC4)cc3F)sc2n1.Cc1ccc2c(N)c(C(=O)NCCc3ccc(N4CC5CC[C@@H](C5)C4)cc3)sc2n1.Cc1ccc2c(N)c(C(=O)NCCc3ccc(N4CC5CC[C@@H](C5)C4)cc3)sc2n1. The lowest BCUT2D eigenvalue weighted by atomic mass is 9.83. The summed E-state index contributed by atoms with van der Waals surface area (Å²) < 4.78 is 29.1. The molecule has 5 aromatic carbocycles. The van der Waals surface area contributed by atoms with Gasteiger partial charge >= 0.3 is 0 Å². The summed E-state index contributed by atoms with van der Waals surface area (Å²) in [5.74, 6) is 3.29. The van der Waals surface area contributed by atoms with Gasteiger partial charge in [-0.2, -0.15) is 0 Å². The number of rotatable bonds is 25. The first-order chi connectivity index (χ1) is 69.1. The second kappa shape index (κ2) is 46.7. The van der Waals surface area contributed by atoms with Crippen LogP contribution in [0, 0.1) is 69.9 Å². The molecular weight excluding hydrogens is 1890 g/mol. The Labute approximate surface area is 853 Å². The predicted molar refractivity (Wildman–Crippen MR) is 584 cm³/mol. The number of amides is 5. The van der Waals surface area contributed by atoms with E-state index in [1.165, 1.54) is 182 Å². The number of pyridine rings is 5. The van der Waals surface area contributed by atoms with Gasteiger partial charge in [-0.25, -0.2) is 33.7 Å². The van der Waals surface area contributed by atoms with Crippen molar-refractivity contribution < 1.29 is 37.5 Å². The number of carbonyl (C=O) groups excluding carboxylic acids is 6. The summed E-state index contributed by atoms with van der Waals surface area (Å²) in [5, 5.41) is 18.8. The van der Waals surface area contributed by atoms with Crippen molar-refractivity contribution in [1.29, 1.82) is 0 Å². The number of nitrogens with two attached hydrogens (primary N) is 5. The zero-order valence-electron chi connectivity index (χ0n) is 82.1. The van der Waals surface area contributed by atoms with Crippen LogP contribution in [0.5, 0.6) is 0 Å². The van der Waals surface area contributed by atoms with Crippen LogP contribution in [-0.2, 0) is 32.1 Å². The molecule has 12 heterocycles. The Morgan fingerprint density at radius 3 is 0.930 bits per heavy atom. The fourth-order valence-electron chi connectivity index (χ4n) is 20.7. The van der Waals surface area contributed by atoms with Gasteiger partial charge in [-0.05, 0) is 309 Å². The molecule has 143 heavy (non-hydrogen) atoms. The van der Waals surface area contributed by atoms with Crippen LogP contribution in [0.1, 0.15) is 248 Å². The van der Waals surface area contributed by atoms with Gasteiger partial charge in [0.15, 0.2) is 5.78 Å². The average Bonchev–Trinajstić information content (AvgIpc) is 1.66. The minimum atomic E-state index is -0.234. The molecule has 15 aromatic rings. The fraction of sp³-hybridized carbons (Fsp3) is 0.372. The van der Waals surface area contributed by atoms with Gasteiger partial charge in [-0.3, -0.25) is 28.8 Å². The lowest BCUT2D eigenvalue weighted by molar-refractivity contribution is 0.0950. The quantitative estimate of drug-likeness (QED) is 0.0238. The summed E-state index contributed by atoms with van der Waals surface area (Å²) in [6.45, 7) is 18.4. The van der Waals surface area contributed by atoms with Crippen molar-refractivity contribution in [3.05, 3.63) is 279 Å². The van der Waals surface area contributed by atoms with Gasteiger partial charge in [0.25, 0.3) is 29.5 Å². The Bertz CT molecular complexity index is 6930. The highest BCUT2D eigenvalue weighted by molar-refractivity contribution is 7.22. The zero-order chi connectivity index (χ0) is 100. The molecule has 15 N–H and O–H groups in total. The third-order valence-corrected chi connectivity index (χ3v) is 34.2. The monoisotopic (exact) mass is 2020 g/mol. The van der Waals surface area contributed by atoms with Crippen molar-refractivity contribution in [2.75, 3.05) is 97.4 Å². The minimum Gasteiger partial charge on any atom is -0.397 e. The number of nitrogen functional groups attached to an aromatic ring is 5. The van der Waals surface area contributed by atoms with Crippen LogP contribution in [0.15, 0.2) is 170 Å². The van der Waals surface area contributed by atoms with E-state index in [1.807, 2.05) is 132 Å². The second-order valence-corrected chi connectivity index (χ2v) is 44.1. The van der Waals surface area contributed by atoms with Gasteiger partial charge in [0.2, 0.25) is 0 Å². The summed E-state index contributed by atoms with van der Waals surface area (Å²) in [6, 6.07) is 55.3. The number of benzene rings is 5. The smallest absolute Gasteiger partial charge is 0.263 e. The van der Waals surface area contributed by atoms with Crippen LogP contribution in [0.2, 0.25) is 0 Å². The van der Waals surface area contributed by atoms with Gasteiger partial charge < -0.3 is 65.1 Å². The minimum absolute atomic E-state index is 0.0453. The van der Waals surface area contributed by atoms with E-state index in [0.29, 0.717) is 128 Å². The van der Waals surface area contributed by atoms with E-state index in [4.69, 9.17) is 28.7 Å². The van der Waals surface area contributed by atoms with E-state index in [0.717, 1.165) is 164 Å². The van der Waals surface area contributed by atoms with E-state index in [1.54, 1.807) is 31.2 Å². The molecule has 4 atom stereocenters. The lowest BCUT2D eigenvalue weighted by Gasteiger charge is -2.33. The molecule has 2 unspecified atom stereocenters. The highest BCUT2D eigenvalue weighted by Crippen LogP contribution is 2.44. The number of nitrogens with one attached hydrogen (secondary N) is 5. The maximum Gasteiger partial charge on any atom is 0.263 e. The molecule has 4 saturated carbocycles. The van der Waals surface area contributed by atoms with Crippen molar-refractivity contribution in [2.45, 2.75) is 188 Å². The van der Waals surface area contributed by atoms with E-state index in [9.17, 15) is 37.5 Å². The molecule has 0 radical (unpaired) electrons. The number of halogens is 2. The zero-order valence-corrected chi connectivity index (χ0v) is 86.2. The number of fused-ring (bicyclic) bond motifs is 9. The number of hydrogen-bond donors (Lipinski definition) is 10. The summed E-state index contributed by atoms with van der Waals surface area (Å²) in [6.07, 6.45) is 23.6. The van der Waals surface area contributed by atoms with Crippen molar-refractivity contribution >= 4 is 183 Å². The van der Waals surface area contributed by atoms with Crippen LogP contribution >= 0.6 is 56.7 Å². The first-order valence-corrected chi connectivity index (χ1v) is 54.3. The van der Waals surface area contributed by atoms with Gasteiger partial charge in [-0.15, -0.1) is 56.7 Å². The molecule has 4 bridgehead atoms. The summed E-state index contributed by atoms with van der Waals surface area (Å²) in [5.41, 5.74) is 48.1. The first kappa shape index (κ1) is 102. The van der Waals surface area contributed by atoms with Gasteiger partial charge in [0.1, 0.15) is 60.2 Å². The Morgan fingerprint density at radius 1 is 0.329 bits per heavy atom. The van der Waals surface area contributed by atoms with Crippen LogP contribution in [0.3, 0.4) is 0 Å². The number of anilines is 7. The summed E-state index contributed by atoms with van der Waals surface area (Å²) in [4.78, 5) is 108. The van der Waals surface area contributed by atoms with Gasteiger partial charge in [0, 0.05) is 131 Å². The molecule has 0 spiro atoms. The van der Waals surface area contributed by atoms with Gasteiger partial charge in [0.05, 0.1) is 28.4 Å². The molecule has 744 valence electrons. The average molecular weight is 2020 g/mol. The number of nitrogens with zero attached hydrogens (tertiary/aromatic N) is 7. The molecule has 23 nitrogen and oxygen atoms in total. The van der Waals surface area contributed by atoms with Crippen LogP contribution < -0.4 is 65.1 Å². The number of piperidine rings is 2. The number of Topliss-reactive ketones (excluding diaryl/α,β-unsaturated/α-hetero) is 1. The summed E-state index contributed by atoms with van der Waals surface area (Å²) in [7, 11) is 0. The number of aryl methyl sites for hydroxylation is 5. The molecule has 21 rings (SSSR count). The van der Waals surface area contributed by atoms with E-state index in [-0.39, 0.29) is 47.0 Å². The third-order valence-electron chi connectivity index (χ3n) is 28.6. The Hall–Kier alpha value is -12.9. The van der Waals surface area contributed by atoms with E-state index in [2.05, 4.69) is 110 Å². The van der Waals surface area contributed by atoms with Gasteiger partial charge in [-0.1, -0.05) is 111 Å². The predicted octanol–water partition coefficient (Wildman–Crippen LogP) is 22.8. The van der Waals surface area contributed by atoms with E-state index < -0.39 is 0 Å². The number of aromatic nitrogens is 5. The highest BCUT2D eigenvalue weighted by Gasteiger charge is 2.35. The maximum atomic E-state index is 14.6. The Morgan fingerprint density at radius 2 is 0.622 bits per heavy atom. The van der Waals surface area contributed by atoms with Crippen LogP contribution in [-0.4, -0.2) is 119 Å². The molecule has 6 aliphatic rings. The number of thiophene rings is 5. The second-order valence-electron chi connectivity index (χ2n) is 39.1. The molecule has 4 aliphatic carbocycles. The lowest BCUT2D eigenvalue weighted by Crippen LogP contribution is -2.36. The standard InChI is InChI=1S/2C24H28N4OS.2C23H26FN3OS.C19H19N3O2S/c2*1-15-2-9-20-21(25)22(30-24(20)27-15)23(29)26-11-10-16-5-7-19(8-6-16)28-13-17-3-4-18(12-17)14-28;1-14-7-10-18-20(25)21(29-23(18)27-14)22(28)26-12-11-16-8-9-17(13-19(16)24)15-5-3-2-4-6-15;1-14-7-9-18-20(25)21(29-23(18)27-14)22(28)26-12-11-15-8-10-17(19(24)13-15)16-5-3-2-4-6-16;1-11-3-8-15-16(20)17(25-19(15)22-11)18(24)21-10-9-13-4-6-14(7-5-13)12(2)23/h2*2,5-9,17-18H,3-4,10-14,25H2,1H3,(H,26,29);7-10,13,15H,2-6,11-12,25H2,1H3,(H,26,28);7-10,13,16H,2-6,11-12,25H2,1H3,(H,26,28);3-8H,9-10,20H2,1-2H3,(H,21,24)/t2*17-,18?;;;/m00.../s1. The van der Waals surface area contributed by atoms with Crippen molar-refractivity contribution in [2.24, 2.45) is 23.7 Å². The van der Waals surface area contributed by atoms with Crippen LogP contribution in [0.4, 0.5) is 48.6 Å². The van der Waals surface area contributed by atoms with Crippen molar-refractivity contribution in [1.82, 2.24) is 51.5 Å². The fourth-order valence-corrected chi connectivity index (χ4v) is 26.0. The molecular formula is C113H127F2N17O6S5. The highest BCUT2D eigenvalue weighted by atomic mass is 32.1.